The average molecular weight is 419 g/mol. The highest BCUT2D eigenvalue weighted by Crippen LogP contribution is 2.31. The van der Waals surface area contributed by atoms with Crippen molar-refractivity contribution in [2.24, 2.45) is 4.99 Å². The molecule has 0 spiro atoms. The summed E-state index contributed by atoms with van der Waals surface area (Å²) in [6.45, 7) is 0. The lowest BCUT2D eigenvalue weighted by Gasteiger charge is -2.18. The lowest BCUT2D eigenvalue weighted by molar-refractivity contribution is -0.113. The lowest BCUT2D eigenvalue weighted by atomic mass is 10.1. The Balaban J connectivity index is 1.80. The van der Waals surface area contributed by atoms with E-state index in [4.69, 9.17) is 21.1 Å². The SMILES string of the molecule is COc1ccc(C=C2N=C(c3ccc(Cl)cc3)N(c3ccccc3)C2=O)cc1OC. The van der Waals surface area contributed by atoms with Crippen LogP contribution in [0.4, 0.5) is 5.69 Å². The number of carbonyl (C=O) groups excluding carboxylic acids is 1. The molecule has 0 atom stereocenters. The van der Waals surface area contributed by atoms with Crippen LogP contribution < -0.4 is 14.4 Å². The molecule has 0 radical (unpaired) electrons. The van der Waals surface area contributed by atoms with E-state index in [-0.39, 0.29) is 5.91 Å². The maximum absolute atomic E-state index is 13.3. The average Bonchev–Trinajstić information content (AvgIpc) is 3.10. The van der Waals surface area contributed by atoms with Gasteiger partial charge < -0.3 is 9.47 Å². The number of anilines is 1. The van der Waals surface area contributed by atoms with Crippen LogP contribution in [0.1, 0.15) is 11.1 Å². The molecule has 150 valence electrons. The monoisotopic (exact) mass is 418 g/mol. The predicted octanol–water partition coefficient (Wildman–Crippen LogP) is 5.19. The Morgan fingerprint density at radius 2 is 1.60 bits per heavy atom. The summed E-state index contributed by atoms with van der Waals surface area (Å²) >= 11 is 6.04. The van der Waals surface area contributed by atoms with Crippen LogP contribution >= 0.6 is 11.6 Å². The van der Waals surface area contributed by atoms with E-state index >= 15 is 0 Å². The Morgan fingerprint density at radius 3 is 2.27 bits per heavy atom. The highest BCUT2D eigenvalue weighted by Gasteiger charge is 2.32. The van der Waals surface area contributed by atoms with Crippen LogP contribution in [0.3, 0.4) is 0 Å². The standard InChI is InChI=1S/C24H19ClN2O3/c1-29-21-13-8-16(15-22(21)30-2)14-20-24(28)27(19-6-4-3-5-7-19)23(26-20)17-9-11-18(25)12-10-17/h3-15H,1-2H3. The van der Waals surface area contributed by atoms with Crippen molar-refractivity contribution in [3.05, 3.63) is 94.6 Å². The van der Waals surface area contributed by atoms with Gasteiger partial charge in [-0.25, -0.2) is 4.99 Å². The molecule has 1 aliphatic heterocycles. The van der Waals surface area contributed by atoms with Crippen LogP contribution in [0, 0.1) is 0 Å². The zero-order chi connectivity index (χ0) is 21.1. The molecule has 5 nitrogen and oxygen atoms in total. The molecule has 0 saturated carbocycles. The second-order valence-corrected chi connectivity index (χ2v) is 7.00. The number of para-hydroxylation sites is 1. The van der Waals surface area contributed by atoms with E-state index in [1.54, 1.807) is 43.4 Å². The molecule has 1 aliphatic rings. The van der Waals surface area contributed by atoms with E-state index < -0.39 is 0 Å². The quantitative estimate of drug-likeness (QED) is 0.535. The third kappa shape index (κ3) is 3.80. The predicted molar refractivity (Wildman–Crippen MR) is 119 cm³/mol. The van der Waals surface area contributed by atoms with Gasteiger partial charge in [0.05, 0.1) is 19.9 Å². The smallest absolute Gasteiger partial charge is 0.282 e. The minimum Gasteiger partial charge on any atom is -0.493 e. The first-order valence-electron chi connectivity index (χ1n) is 9.28. The van der Waals surface area contributed by atoms with Crippen LogP contribution in [0.15, 0.2) is 83.5 Å². The van der Waals surface area contributed by atoms with Gasteiger partial charge in [0.15, 0.2) is 11.5 Å². The Kier molecular flexibility index (Phi) is 5.55. The number of nitrogens with zero attached hydrogens (tertiary/aromatic N) is 2. The second kappa shape index (κ2) is 8.43. The van der Waals surface area contributed by atoms with Gasteiger partial charge >= 0.3 is 0 Å². The molecule has 0 N–H and O–H groups in total. The molecule has 3 aromatic rings. The van der Waals surface area contributed by atoms with E-state index in [0.29, 0.717) is 28.1 Å². The van der Waals surface area contributed by atoms with Crippen molar-refractivity contribution >= 4 is 35.1 Å². The van der Waals surface area contributed by atoms with Crippen molar-refractivity contribution in [1.82, 2.24) is 0 Å². The van der Waals surface area contributed by atoms with Crippen LogP contribution in [0.25, 0.3) is 6.08 Å². The van der Waals surface area contributed by atoms with Crippen molar-refractivity contribution in [3.63, 3.8) is 0 Å². The number of ether oxygens (including phenoxy) is 2. The molecule has 0 aliphatic carbocycles. The molecule has 3 aromatic carbocycles. The summed E-state index contributed by atoms with van der Waals surface area (Å²) in [7, 11) is 3.15. The Bertz CT molecular complexity index is 1140. The number of hydrogen-bond acceptors (Lipinski definition) is 4. The van der Waals surface area contributed by atoms with Gasteiger partial charge in [-0.05, 0) is 60.2 Å². The zero-order valence-electron chi connectivity index (χ0n) is 16.5. The van der Waals surface area contributed by atoms with Crippen LogP contribution in [-0.2, 0) is 4.79 Å². The van der Waals surface area contributed by atoms with Gasteiger partial charge in [0, 0.05) is 10.6 Å². The van der Waals surface area contributed by atoms with Gasteiger partial charge in [-0.1, -0.05) is 35.9 Å². The number of amides is 1. The first kappa shape index (κ1) is 19.7. The topological polar surface area (TPSA) is 51.1 Å². The summed E-state index contributed by atoms with van der Waals surface area (Å²) < 4.78 is 10.6. The molecule has 0 aromatic heterocycles. The van der Waals surface area contributed by atoms with Gasteiger partial charge in [-0.15, -0.1) is 0 Å². The summed E-state index contributed by atoms with van der Waals surface area (Å²) in [5.41, 5.74) is 2.65. The third-order valence-corrected chi connectivity index (χ3v) is 4.94. The van der Waals surface area contributed by atoms with Crippen molar-refractivity contribution in [2.75, 3.05) is 19.1 Å². The fraction of sp³-hybridized carbons (Fsp3) is 0.0833. The minimum absolute atomic E-state index is 0.207. The number of benzene rings is 3. The van der Waals surface area contributed by atoms with Crippen molar-refractivity contribution in [1.29, 1.82) is 0 Å². The third-order valence-electron chi connectivity index (χ3n) is 4.69. The zero-order valence-corrected chi connectivity index (χ0v) is 17.3. The lowest BCUT2D eigenvalue weighted by Crippen LogP contribution is -2.32. The minimum atomic E-state index is -0.207. The number of carbonyl (C=O) groups is 1. The number of hydrogen-bond donors (Lipinski definition) is 0. The summed E-state index contributed by atoms with van der Waals surface area (Å²) in [4.78, 5) is 19.6. The molecule has 1 amide bonds. The first-order valence-corrected chi connectivity index (χ1v) is 9.66. The molecule has 6 heteroatoms. The van der Waals surface area contributed by atoms with Crippen LogP contribution in [0.5, 0.6) is 11.5 Å². The Labute approximate surface area is 179 Å². The first-order chi connectivity index (χ1) is 14.6. The van der Waals surface area contributed by atoms with Crippen molar-refractivity contribution < 1.29 is 14.3 Å². The van der Waals surface area contributed by atoms with Gasteiger partial charge in [-0.2, -0.15) is 0 Å². The summed E-state index contributed by atoms with van der Waals surface area (Å²) in [6.07, 6.45) is 1.74. The molecular formula is C24H19ClN2O3. The fourth-order valence-electron chi connectivity index (χ4n) is 3.23. The molecule has 30 heavy (non-hydrogen) atoms. The Morgan fingerprint density at radius 1 is 0.900 bits per heavy atom. The molecule has 0 saturated heterocycles. The van der Waals surface area contributed by atoms with Crippen molar-refractivity contribution in [3.8, 4) is 11.5 Å². The largest absolute Gasteiger partial charge is 0.493 e. The number of halogens is 1. The normalized spacial score (nSPS) is 14.8. The molecule has 0 bridgehead atoms. The highest BCUT2D eigenvalue weighted by molar-refractivity contribution is 6.34. The van der Waals surface area contributed by atoms with Crippen molar-refractivity contribution in [2.45, 2.75) is 0 Å². The fourth-order valence-corrected chi connectivity index (χ4v) is 3.35. The van der Waals surface area contributed by atoms with Gasteiger partial charge in [-0.3, -0.25) is 9.69 Å². The highest BCUT2D eigenvalue weighted by atomic mass is 35.5. The summed E-state index contributed by atoms with van der Waals surface area (Å²) in [6, 6.07) is 22.2. The number of amidine groups is 1. The molecule has 1 heterocycles. The van der Waals surface area contributed by atoms with E-state index in [0.717, 1.165) is 16.8 Å². The maximum atomic E-state index is 13.3. The molecule has 4 rings (SSSR count). The number of aliphatic imine (C=N–C) groups is 1. The van der Waals surface area contributed by atoms with Gasteiger partial charge in [0.2, 0.25) is 0 Å². The van der Waals surface area contributed by atoms with Gasteiger partial charge in [0.1, 0.15) is 11.5 Å². The second-order valence-electron chi connectivity index (χ2n) is 6.56. The van der Waals surface area contributed by atoms with E-state index in [2.05, 4.69) is 4.99 Å². The number of methoxy groups -OCH3 is 2. The van der Waals surface area contributed by atoms with E-state index in [1.807, 2.05) is 54.6 Å². The Hall–Kier alpha value is -3.57. The summed E-state index contributed by atoms with van der Waals surface area (Å²) in [5, 5.41) is 0.621. The maximum Gasteiger partial charge on any atom is 0.282 e. The summed E-state index contributed by atoms with van der Waals surface area (Å²) in [5.74, 6) is 1.54. The molecule has 0 unspecified atom stereocenters. The van der Waals surface area contributed by atoms with Crippen LogP contribution in [0.2, 0.25) is 5.02 Å². The number of rotatable bonds is 5. The van der Waals surface area contributed by atoms with Gasteiger partial charge in [0.25, 0.3) is 5.91 Å². The van der Waals surface area contributed by atoms with E-state index in [1.165, 1.54) is 0 Å². The van der Waals surface area contributed by atoms with E-state index in [9.17, 15) is 4.79 Å². The van der Waals surface area contributed by atoms with Crippen LogP contribution in [-0.4, -0.2) is 26.0 Å². The molecule has 0 fully saturated rings. The molecular weight excluding hydrogens is 400 g/mol.